The van der Waals surface area contributed by atoms with E-state index in [4.69, 9.17) is 4.74 Å². The molecule has 0 saturated carbocycles. The third-order valence-electron chi connectivity index (χ3n) is 5.02. The lowest BCUT2D eigenvalue weighted by molar-refractivity contribution is -0.136. The lowest BCUT2D eigenvalue weighted by atomic mass is 9.88. The molecule has 1 atom stereocenters. The van der Waals surface area contributed by atoms with Gasteiger partial charge in [-0.1, -0.05) is 0 Å². The summed E-state index contributed by atoms with van der Waals surface area (Å²) in [5, 5.41) is 3.63. The first-order valence-electron chi connectivity index (χ1n) is 8.14. The van der Waals surface area contributed by atoms with Crippen LogP contribution in [0.15, 0.2) is 0 Å². The molecule has 0 aliphatic carbocycles. The van der Waals surface area contributed by atoms with Crippen molar-refractivity contribution < 1.29 is 9.53 Å². The van der Waals surface area contributed by atoms with Gasteiger partial charge in [0.15, 0.2) is 0 Å². The van der Waals surface area contributed by atoms with Crippen molar-refractivity contribution in [1.82, 2.24) is 15.1 Å². The molecular weight excluding hydrogens is 254 g/mol. The van der Waals surface area contributed by atoms with E-state index in [2.05, 4.69) is 10.2 Å². The molecule has 5 heteroatoms. The van der Waals surface area contributed by atoms with Crippen molar-refractivity contribution in [2.45, 2.75) is 31.7 Å². The first-order chi connectivity index (χ1) is 9.83. The van der Waals surface area contributed by atoms with Gasteiger partial charge in [-0.05, 0) is 51.2 Å². The van der Waals surface area contributed by atoms with Gasteiger partial charge in [0.25, 0.3) is 0 Å². The van der Waals surface area contributed by atoms with Gasteiger partial charge in [-0.25, -0.2) is 0 Å². The van der Waals surface area contributed by atoms with Gasteiger partial charge in [-0.2, -0.15) is 0 Å². The van der Waals surface area contributed by atoms with Crippen LogP contribution >= 0.6 is 0 Å². The van der Waals surface area contributed by atoms with E-state index in [0.717, 1.165) is 38.1 Å². The van der Waals surface area contributed by atoms with Gasteiger partial charge in [0, 0.05) is 19.1 Å². The average molecular weight is 281 g/mol. The SMILES string of the molecule is O=C(CN1CCC(C2CCCN2)CC1)N1CCOCC1. The molecule has 20 heavy (non-hydrogen) atoms. The van der Waals surface area contributed by atoms with Gasteiger partial charge in [0.05, 0.1) is 19.8 Å². The van der Waals surface area contributed by atoms with Crippen molar-refractivity contribution in [3.8, 4) is 0 Å². The number of carbonyl (C=O) groups excluding carboxylic acids is 1. The molecular formula is C15H27N3O2. The molecule has 3 heterocycles. The summed E-state index contributed by atoms with van der Waals surface area (Å²) in [6.45, 7) is 6.88. The Kier molecular flexibility index (Phi) is 4.91. The maximum atomic E-state index is 12.2. The fraction of sp³-hybridized carbons (Fsp3) is 0.933. The monoisotopic (exact) mass is 281 g/mol. The summed E-state index contributed by atoms with van der Waals surface area (Å²) < 4.78 is 5.30. The number of carbonyl (C=O) groups is 1. The molecule has 3 aliphatic rings. The summed E-state index contributed by atoms with van der Waals surface area (Å²) in [6, 6.07) is 0.743. The molecule has 0 spiro atoms. The van der Waals surface area contributed by atoms with Crippen LogP contribution in [0.1, 0.15) is 25.7 Å². The van der Waals surface area contributed by atoms with Gasteiger partial charge in [0.1, 0.15) is 0 Å². The van der Waals surface area contributed by atoms with Gasteiger partial charge in [-0.15, -0.1) is 0 Å². The highest BCUT2D eigenvalue weighted by Crippen LogP contribution is 2.25. The normalized spacial score (nSPS) is 29.8. The largest absolute Gasteiger partial charge is 0.378 e. The van der Waals surface area contributed by atoms with E-state index in [1.54, 1.807) is 0 Å². The summed E-state index contributed by atoms with van der Waals surface area (Å²) in [5.41, 5.74) is 0. The van der Waals surface area contributed by atoms with Crippen molar-refractivity contribution in [2.75, 3.05) is 52.5 Å². The maximum absolute atomic E-state index is 12.2. The minimum absolute atomic E-state index is 0.283. The molecule has 5 nitrogen and oxygen atoms in total. The number of morpholine rings is 1. The highest BCUT2D eigenvalue weighted by atomic mass is 16.5. The second-order valence-corrected chi connectivity index (χ2v) is 6.31. The van der Waals surface area contributed by atoms with Crippen LogP contribution in [-0.2, 0) is 9.53 Å². The van der Waals surface area contributed by atoms with Crippen LogP contribution in [0.2, 0.25) is 0 Å². The molecule has 3 saturated heterocycles. The van der Waals surface area contributed by atoms with E-state index in [1.807, 2.05) is 4.90 Å². The lowest BCUT2D eigenvalue weighted by Gasteiger charge is -2.36. The van der Waals surface area contributed by atoms with E-state index in [9.17, 15) is 4.79 Å². The van der Waals surface area contributed by atoms with Gasteiger partial charge in [-0.3, -0.25) is 9.69 Å². The van der Waals surface area contributed by atoms with Crippen molar-refractivity contribution in [3.05, 3.63) is 0 Å². The number of amides is 1. The lowest BCUT2D eigenvalue weighted by Crippen LogP contribution is -2.48. The van der Waals surface area contributed by atoms with E-state index in [0.29, 0.717) is 19.8 Å². The van der Waals surface area contributed by atoms with E-state index < -0.39 is 0 Å². The number of nitrogens with zero attached hydrogens (tertiary/aromatic N) is 2. The molecule has 1 N–H and O–H groups in total. The topological polar surface area (TPSA) is 44.8 Å². The Morgan fingerprint density at radius 2 is 1.85 bits per heavy atom. The molecule has 3 aliphatic heterocycles. The number of nitrogens with one attached hydrogen (secondary N) is 1. The summed E-state index contributed by atoms with van der Waals surface area (Å²) in [6.07, 6.45) is 5.17. The molecule has 0 radical (unpaired) electrons. The fourth-order valence-corrected chi connectivity index (χ4v) is 3.73. The minimum atomic E-state index is 0.283. The predicted molar refractivity (Wildman–Crippen MR) is 77.6 cm³/mol. The summed E-state index contributed by atoms with van der Waals surface area (Å²) in [5.74, 6) is 1.11. The number of hydrogen-bond acceptors (Lipinski definition) is 4. The van der Waals surface area contributed by atoms with Crippen LogP contribution < -0.4 is 5.32 Å². The average Bonchev–Trinajstić information content (AvgIpc) is 3.03. The first-order valence-corrected chi connectivity index (χ1v) is 8.14. The van der Waals surface area contributed by atoms with Crippen LogP contribution in [0.5, 0.6) is 0 Å². The van der Waals surface area contributed by atoms with E-state index in [-0.39, 0.29) is 5.91 Å². The van der Waals surface area contributed by atoms with Gasteiger partial charge < -0.3 is 15.0 Å². The van der Waals surface area contributed by atoms with Gasteiger partial charge >= 0.3 is 0 Å². The number of ether oxygens (including phenoxy) is 1. The van der Waals surface area contributed by atoms with Crippen molar-refractivity contribution in [1.29, 1.82) is 0 Å². The third kappa shape index (κ3) is 3.51. The maximum Gasteiger partial charge on any atom is 0.236 e. The Balaban J connectivity index is 1.40. The van der Waals surface area contributed by atoms with E-state index >= 15 is 0 Å². The standard InChI is InChI=1S/C15H27N3O2/c19-15(18-8-10-20-11-9-18)12-17-6-3-13(4-7-17)14-2-1-5-16-14/h13-14,16H,1-12H2. The number of piperidine rings is 1. The van der Waals surface area contributed by atoms with Crippen molar-refractivity contribution in [3.63, 3.8) is 0 Å². The molecule has 0 aromatic heterocycles. The highest BCUT2D eigenvalue weighted by molar-refractivity contribution is 5.78. The molecule has 114 valence electrons. The van der Waals surface area contributed by atoms with Crippen LogP contribution in [0.4, 0.5) is 0 Å². The zero-order chi connectivity index (χ0) is 13.8. The first kappa shape index (κ1) is 14.3. The number of rotatable bonds is 3. The molecule has 3 fully saturated rings. The van der Waals surface area contributed by atoms with Gasteiger partial charge in [0.2, 0.25) is 5.91 Å². The Morgan fingerprint density at radius 3 is 2.50 bits per heavy atom. The molecule has 0 aromatic rings. The molecule has 3 rings (SSSR count). The van der Waals surface area contributed by atoms with Crippen LogP contribution in [0.25, 0.3) is 0 Å². The second-order valence-electron chi connectivity index (χ2n) is 6.31. The van der Waals surface area contributed by atoms with Crippen LogP contribution in [-0.4, -0.2) is 74.2 Å². The summed E-state index contributed by atoms with van der Waals surface area (Å²) in [4.78, 5) is 16.5. The zero-order valence-electron chi connectivity index (χ0n) is 12.4. The summed E-state index contributed by atoms with van der Waals surface area (Å²) in [7, 11) is 0. The highest BCUT2D eigenvalue weighted by Gasteiger charge is 2.29. The smallest absolute Gasteiger partial charge is 0.236 e. The Morgan fingerprint density at radius 1 is 1.10 bits per heavy atom. The second kappa shape index (κ2) is 6.87. The Hall–Kier alpha value is -0.650. The zero-order valence-corrected chi connectivity index (χ0v) is 12.4. The van der Waals surface area contributed by atoms with E-state index in [1.165, 1.54) is 32.2 Å². The molecule has 1 amide bonds. The molecule has 1 unspecified atom stereocenters. The summed E-state index contributed by atoms with van der Waals surface area (Å²) >= 11 is 0. The van der Waals surface area contributed by atoms with Crippen LogP contribution in [0, 0.1) is 5.92 Å². The van der Waals surface area contributed by atoms with Crippen molar-refractivity contribution in [2.24, 2.45) is 5.92 Å². The quantitative estimate of drug-likeness (QED) is 0.809. The molecule has 0 aromatic carbocycles. The minimum Gasteiger partial charge on any atom is -0.378 e. The Labute approximate surface area is 121 Å². The fourth-order valence-electron chi connectivity index (χ4n) is 3.73. The Bertz CT molecular complexity index is 317. The predicted octanol–water partition coefficient (Wildman–Crippen LogP) is 0.309. The number of likely N-dealkylation sites (tertiary alicyclic amines) is 1. The van der Waals surface area contributed by atoms with Crippen LogP contribution in [0.3, 0.4) is 0 Å². The number of hydrogen-bond donors (Lipinski definition) is 1. The van der Waals surface area contributed by atoms with Crippen molar-refractivity contribution >= 4 is 5.91 Å². The third-order valence-corrected chi connectivity index (χ3v) is 5.02. The molecule has 0 bridgehead atoms.